The second kappa shape index (κ2) is 8.06. The molecule has 0 unspecified atom stereocenters. The Bertz CT molecular complexity index is 766. The molecule has 0 atom stereocenters. The Hall–Kier alpha value is -2.21. The van der Waals surface area contributed by atoms with E-state index < -0.39 is 5.97 Å². The first kappa shape index (κ1) is 16.6. The van der Waals surface area contributed by atoms with E-state index in [0.717, 1.165) is 29.5 Å². The van der Waals surface area contributed by atoms with E-state index in [0.29, 0.717) is 12.1 Å². The number of fused-ring (bicyclic) bond motifs is 1. The van der Waals surface area contributed by atoms with Crippen LogP contribution in [0.3, 0.4) is 0 Å². The SMILES string of the molecule is O=C(COC(=O)c1ccc2ncsc2c1)NCCC1=CCCCC1. The van der Waals surface area contributed by atoms with Crippen LogP contribution in [0.25, 0.3) is 10.2 Å². The van der Waals surface area contributed by atoms with E-state index in [9.17, 15) is 9.59 Å². The fourth-order valence-corrected chi connectivity index (χ4v) is 3.46. The third-order valence-corrected chi connectivity index (χ3v) is 4.85. The van der Waals surface area contributed by atoms with Crippen LogP contribution in [0.2, 0.25) is 0 Å². The number of nitrogens with one attached hydrogen (secondary N) is 1. The van der Waals surface area contributed by atoms with Gasteiger partial charge in [-0.3, -0.25) is 4.79 Å². The molecule has 1 aliphatic rings. The standard InChI is InChI=1S/C18H20N2O3S/c21-17(19-9-8-13-4-2-1-3-5-13)11-23-18(22)14-6-7-15-16(10-14)24-12-20-15/h4,6-7,10,12H,1-3,5,8-9,11H2,(H,19,21). The number of nitrogens with zero attached hydrogens (tertiary/aromatic N) is 1. The van der Waals surface area contributed by atoms with Crippen molar-refractivity contribution >= 4 is 33.4 Å². The summed E-state index contributed by atoms with van der Waals surface area (Å²) < 4.78 is 6.00. The van der Waals surface area contributed by atoms with Crippen LogP contribution < -0.4 is 5.32 Å². The van der Waals surface area contributed by atoms with Gasteiger partial charge in [0.15, 0.2) is 6.61 Å². The molecule has 1 N–H and O–H groups in total. The van der Waals surface area contributed by atoms with Crippen molar-refractivity contribution in [2.24, 2.45) is 0 Å². The van der Waals surface area contributed by atoms with Gasteiger partial charge in [-0.1, -0.05) is 11.6 Å². The van der Waals surface area contributed by atoms with Crippen molar-refractivity contribution in [2.75, 3.05) is 13.2 Å². The van der Waals surface area contributed by atoms with Gasteiger partial charge in [0.25, 0.3) is 5.91 Å². The van der Waals surface area contributed by atoms with E-state index in [-0.39, 0.29) is 12.5 Å². The van der Waals surface area contributed by atoms with E-state index in [4.69, 9.17) is 4.74 Å². The summed E-state index contributed by atoms with van der Waals surface area (Å²) in [5.41, 5.74) is 4.43. The van der Waals surface area contributed by atoms with Gasteiger partial charge in [0, 0.05) is 6.54 Å². The predicted octanol–water partition coefficient (Wildman–Crippen LogP) is 3.46. The van der Waals surface area contributed by atoms with Crippen molar-refractivity contribution in [3.8, 4) is 0 Å². The topological polar surface area (TPSA) is 68.3 Å². The molecule has 1 aromatic carbocycles. The normalized spacial score (nSPS) is 14.2. The molecule has 5 nitrogen and oxygen atoms in total. The van der Waals surface area contributed by atoms with Crippen molar-refractivity contribution in [2.45, 2.75) is 32.1 Å². The number of hydrogen-bond acceptors (Lipinski definition) is 5. The molecule has 3 rings (SSSR count). The summed E-state index contributed by atoms with van der Waals surface area (Å²) in [4.78, 5) is 27.9. The molecule has 0 bridgehead atoms. The van der Waals surface area contributed by atoms with Crippen LogP contribution >= 0.6 is 11.3 Å². The number of allylic oxidation sites excluding steroid dienone is 1. The first-order valence-corrected chi connectivity index (χ1v) is 9.05. The minimum absolute atomic E-state index is 0.251. The first-order valence-electron chi connectivity index (χ1n) is 8.17. The minimum Gasteiger partial charge on any atom is -0.452 e. The van der Waals surface area contributed by atoms with E-state index >= 15 is 0 Å². The van der Waals surface area contributed by atoms with Crippen LogP contribution in [-0.2, 0) is 9.53 Å². The Labute approximate surface area is 144 Å². The number of amides is 1. The second-order valence-corrected chi connectivity index (χ2v) is 6.71. The molecule has 0 saturated heterocycles. The van der Waals surface area contributed by atoms with Crippen molar-refractivity contribution in [3.05, 3.63) is 40.9 Å². The molecule has 2 aromatic rings. The molecule has 0 saturated carbocycles. The van der Waals surface area contributed by atoms with E-state index in [2.05, 4.69) is 16.4 Å². The third-order valence-electron chi connectivity index (χ3n) is 4.05. The highest BCUT2D eigenvalue weighted by Gasteiger charge is 2.11. The number of esters is 1. The highest BCUT2D eigenvalue weighted by molar-refractivity contribution is 7.16. The number of thiazole rings is 1. The zero-order chi connectivity index (χ0) is 16.8. The maximum atomic E-state index is 12.0. The van der Waals surface area contributed by atoms with Crippen molar-refractivity contribution in [1.82, 2.24) is 10.3 Å². The summed E-state index contributed by atoms with van der Waals surface area (Å²) in [5, 5.41) is 2.80. The molecule has 0 aliphatic heterocycles. The fraction of sp³-hybridized carbons (Fsp3) is 0.389. The lowest BCUT2D eigenvalue weighted by Gasteiger charge is -2.13. The highest BCUT2D eigenvalue weighted by Crippen LogP contribution is 2.20. The maximum absolute atomic E-state index is 12.0. The average molecular weight is 344 g/mol. The van der Waals surface area contributed by atoms with E-state index in [1.165, 1.54) is 29.8 Å². The Morgan fingerprint density at radius 1 is 1.29 bits per heavy atom. The number of ether oxygens (including phenoxy) is 1. The molecule has 1 aromatic heterocycles. The summed E-state index contributed by atoms with van der Waals surface area (Å²) in [6, 6.07) is 5.18. The van der Waals surface area contributed by atoms with Gasteiger partial charge in [-0.2, -0.15) is 0 Å². The fourth-order valence-electron chi connectivity index (χ4n) is 2.74. The molecule has 1 heterocycles. The lowest BCUT2D eigenvalue weighted by atomic mass is 9.97. The lowest BCUT2D eigenvalue weighted by molar-refractivity contribution is -0.124. The van der Waals surface area contributed by atoms with Gasteiger partial charge in [-0.05, 0) is 50.3 Å². The number of hydrogen-bond donors (Lipinski definition) is 1. The maximum Gasteiger partial charge on any atom is 0.338 e. The van der Waals surface area contributed by atoms with Crippen LogP contribution in [0.4, 0.5) is 0 Å². The average Bonchev–Trinajstić information content (AvgIpc) is 3.08. The predicted molar refractivity (Wildman–Crippen MR) is 94.1 cm³/mol. The van der Waals surface area contributed by atoms with Gasteiger partial charge in [0.05, 0.1) is 21.3 Å². The molecule has 1 amide bonds. The molecular formula is C18H20N2O3S. The first-order chi connectivity index (χ1) is 11.7. The molecule has 126 valence electrons. The van der Waals surface area contributed by atoms with Gasteiger partial charge < -0.3 is 10.1 Å². The Kier molecular flexibility index (Phi) is 5.59. The van der Waals surface area contributed by atoms with Crippen LogP contribution in [0.5, 0.6) is 0 Å². The molecule has 0 fully saturated rings. The lowest BCUT2D eigenvalue weighted by Crippen LogP contribution is -2.29. The highest BCUT2D eigenvalue weighted by atomic mass is 32.1. The molecule has 0 spiro atoms. The summed E-state index contributed by atoms with van der Waals surface area (Å²) in [7, 11) is 0. The smallest absolute Gasteiger partial charge is 0.338 e. The van der Waals surface area contributed by atoms with Crippen LogP contribution in [0.1, 0.15) is 42.5 Å². The minimum atomic E-state index is -0.490. The summed E-state index contributed by atoms with van der Waals surface area (Å²) in [6.45, 7) is 0.341. The molecule has 6 heteroatoms. The number of carbonyl (C=O) groups excluding carboxylic acids is 2. The van der Waals surface area contributed by atoms with Gasteiger partial charge in [0.1, 0.15) is 0 Å². The monoisotopic (exact) mass is 344 g/mol. The van der Waals surface area contributed by atoms with Crippen molar-refractivity contribution < 1.29 is 14.3 Å². The van der Waals surface area contributed by atoms with E-state index in [1.807, 2.05) is 0 Å². The Morgan fingerprint density at radius 3 is 3.04 bits per heavy atom. The summed E-state index contributed by atoms with van der Waals surface area (Å²) in [5.74, 6) is -0.755. The quantitative estimate of drug-likeness (QED) is 0.644. The largest absolute Gasteiger partial charge is 0.452 e. The molecular weight excluding hydrogens is 324 g/mol. The van der Waals surface area contributed by atoms with Crippen molar-refractivity contribution in [3.63, 3.8) is 0 Å². The van der Waals surface area contributed by atoms with Crippen LogP contribution in [0, 0.1) is 0 Å². The molecule has 1 aliphatic carbocycles. The Balaban J connectivity index is 1.41. The number of rotatable bonds is 6. The molecule has 24 heavy (non-hydrogen) atoms. The summed E-state index contributed by atoms with van der Waals surface area (Å²) >= 11 is 1.46. The van der Waals surface area contributed by atoms with Gasteiger partial charge >= 0.3 is 5.97 Å². The number of aromatic nitrogens is 1. The third kappa shape index (κ3) is 4.41. The van der Waals surface area contributed by atoms with Crippen LogP contribution in [-0.4, -0.2) is 30.0 Å². The summed E-state index contributed by atoms with van der Waals surface area (Å²) in [6.07, 6.45) is 7.92. The number of benzene rings is 1. The van der Waals surface area contributed by atoms with Gasteiger partial charge in [0.2, 0.25) is 0 Å². The van der Waals surface area contributed by atoms with Crippen LogP contribution in [0.15, 0.2) is 35.4 Å². The van der Waals surface area contributed by atoms with Gasteiger partial charge in [-0.25, -0.2) is 9.78 Å². The zero-order valence-electron chi connectivity index (χ0n) is 13.4. The zero-order valence-corrected chi connectivity index (χ0v) is 14.2. The number of carbonyl (C=O) groups is 2. The van der Waals surface area contributed by atoms with Crippen molar-refractivity contribution in [1.29, 1.82) is 0 Å². The van der Waals surface area contributed by atoms with Gasteiger partial charge in [-0.15, -0.1) is 11.3 Å². The Morgan fingerprint density at radius 2 is 2.21 bits per heavy atom. The van der Waals surface area contributed by atoms with E-state index in [1.54, 1.807) is 23.7 Å². The second-order valence-electron chi connectivity index (χ2n) is 5.82. The molecule has 0 radical (unpaired) electrons.